The monoisotopic (exact) mass is 365 g/mol. The predicted molar refractivity (Wildman–Crippen MR) is 89.9 cm³/mol. The van der Waals surface area contributed by atoms with Crippen LogP contribution in [0.4, 0.5) is 13.2 Å². The van der Waals surface area contributed by atoms with Gasteiger partial charge in [0, 0.05) is 12.4 Å². The summed E-state index contributed by atoms with van der Waals surface area (Å²) >= 11 is 0. The molecule has 0 saturated carbocycles. The molecular weight excluding hydrogens is 347 g/mol. The highest BCUT2D eigenvalue weighted by Crippen LogP contribution is 2.33. The minimum Gasteiger partial charge on any atom is -0.490 e. The fourth-order valence-electron chi connectivity index (χ4n) is 2.83. The highest BCUT2D eigenvalue weighted by atomic mass is 19.4. The number of rotatable bonds is 5. The van der Waals surface area contributed by atoms with Gasteiger partial charge in [-0.05, 0) is 31.0 Å². The molecular formula is C18H18F3N3O2. The molecule has 0 aliphatic carbocycles. The molecule has 8 heteroatoms. The van der Waals surface area contributed by atoms with Crippen LogP contribution in [-0.2, 0) is 12.7 Å². The van der Waals surface area contributed by atoms with Crippen LogP contribution in [0.15, 0.2) is 36.7 Å². The Balaban J connectivity index is 1.79. The Morgan fingerprint density at radius 2 is 1.88 bits per heavy atom. The maximum atomic E-state index is 13.1. The highest BCUT2D eigenvalue weighted by Gasteiger charge is 2.37. The summed E-state index contributed by atoms with van der Waals surface area (Å²) < 4.78 is 46.2. The number of hydrogen-bond donors (Lipinski definition) is 1. The number of pyridine rings is 1. The van der Waals surface area contributed by atoms with Crippen molar-refractivity contribution in [2.24, 2.45) is 0 Å². The molecule has 1 N–H and O–H groups in total. The average Bonchev–Trinajstić information content (AvgIpc) is 2.93. The Hall–Kier alpha value is -2.61. The molecule has 1 unspecified atom stereocenters. The molecule has 0 bridgehead atoms. The Morgan fingerprint density at radius 3 is 2.54 bits per heavy atom. The number of aryl methyl sites for hydroxylation is 2. The second kappa shape index (κ2) is 6.95. The predicted octanol–water partition coefficient (Wildman–Crippen LogP) is 3.51. The van der Waals surface area contributed by atoms with Crippen molar-refractivity contribution in [3.8, 4) is 5.75 Å². The molecule has 3 aromatic rings. The van der Waals surface area contributed by atoms with Gasteiger partial charge in [-0.15, -0.1) is 0 Å². The van der Waals surface area contributed by atoms with Crippen molar-refractivity contribution in [1.82, 2.24) is 14.8 Å². The van der Waals surface area contributed by atoms with Crippen LogP contribution in [-0.4, -0.2) is 32.6 Å². The van der Waals surface area contributed by atoms with E-state index in [0.29, 0.717) is 5.75 Å². The van der Waals surface area contributed by atoms with Crippen molar-refractivity contribution in [2.75, 3.05) is 6.61 Å². The SMILES string of the molecule is Cc1cccc(C)c1OCC(O)Cn1nc(C(F)(F)F)c2cnccc21. The number of ether oxygens (including phenoxy) is 1. The first kappa shape index (κ1) is 18.2. The first-order valence-electron chi connectivity index (χ1n) is 8.02. The molecule has 138 valence electrons. The molecule has 0 aliphatic rings. The first-order chi connectivity index (χ1) is 12.3. The summed E-state index contributed by atoms with van der Waals surface area (Å²) in [6.07, 6.45) is -3.10. The van der Waals surface area contributed by atoms with Crippen molar-refractivity contribution < 1.29 is 23.0 Å². The van der Waals surface area contributed by atoms with E-state index in [1.807, 2.05) is 32.0 Å². The number of fused-ring (bicyclic) bond motifs is 1. The summed E-state index contributed by atoms with van der Waals surface area (Å²) in [5.41, 5.74) is 1.10. The van der Waals surface area contributed by atoms with E-state index in [1.165, 1.54) is 12.3 Å². The third kappa shape index (κ3) is 3.65. The van der Waals surface area contributed by atoms with Crippen molar-refractivity contribution >= 4 is 10.9 Å². The standard InChI is InChI=1S/C18H18F3N3O2/c1-11-4-3-5-12(2)16(11)26-10-13(25)9-24-15-6-7-22-8-14(15)17(23-24)18(19,20)21/h3-8,13,25H,9-10H2,1-2H3. The van der Waals surface area contributed by atoms with E-state index < -0.39 is 18.0 Å². The molecule has 2 aromatic heterocycles. The number of nitrogens with zero attached hydrogens (tertiary/aromatic N) is 3. The van der Waals surface area contributed by atoms with Gasteiger partial charge in [-0.25, -0.2) is 0 Å². The van der Waals surface area contributed by atoms with Crippen LogP contribution >= 0.6 is 0 Å². The zero-order chi connectivity index (χ0) is 18.9. The summed E-state index contributed by atoms with van der Waals surface area (Å²) in [5.74, 6) is 0.664. The minimum atomic E-state index is -4.59. The van der Waals surface area contributed by atoms with Crippen molar-refractivity contribution in [3.63, 3.8) is 0 Å². The lowest BCUT2D eigenvalue weighted by Crippen LogP contribution is -2.25. The summed E-state index contributed by atoms with van der Waals surface area (Å²) in [6, 6.07) is 7.11. The Labute approximate surface area is 148 Å². The van der Waals surface area contributed by atoms with E-state index in [0.717, 1.165) is 22.0 Å². The van der Waals surface area contributed by atoms with E-state index in [1.54, 1.807) is 0 Å². The summed E-state index contributed by atoms with van der Waals surface area (Å²) in [7, 11) is 0. The maximum Gasteiger partial charge on any atom is 0.435 e. The normalized spacial score (nSPS) is 13.2. The van der Waals surface area contributed by atoms with Crippen molar-refractivity contribution in [1.29, 1.82) is 0 Å². The summed E-state index contributed by atoms with van der Waals surface area (Å²) in [5, 5.41) is 13.8. The summed E-state index contributed by atoms with van der Waals surface area (Å²) in [4.78, 5) is 3.73. The lowest BCUT2D eigenvalue weighted by Gasteiger charge is -2.16. The lowest BCUT2D eigenvalue weighted by atomic mass is 10.1. The van der Waals surface area contributed by atoms with E-state index in [4.69, 9.17) is 4.74 Å². The van der Waals surface area contributed by atoms with Crippen LogP contribution < -0.4 is 4.74 Å². The van der Waals surface area contributed by atoms with Gasteiger partial charge in [-0.3, -0.25) is 9.67 Å². The topological polar surface area (TPSA) is 60.2 Å². The third-order valence-corrected chi connectivity index (χ3v) is 4.03. The van der Waals surface area contributed by atoms with Crippen LogP contribution in [0.1, 0.15) is 16.8 Å². The second-order valence-corrected chi connectivity index (χ2v) is 6.11. The van der Waals surface area contributed by atoms with Crippen LogP contribution in [0.2, 0.25) is 0 Å². The fourth-order valence-corrected chi connectivity index (χ4v) is 2.83. The van der Waals surface area contributed by atoms with E-state index >= 15 is 0 Å². The molecule has 0 amide bonds. The highest BCUT2D eigenvalue weighted by molar-refractivity contribution is 5.81. The maximum absolute atomic E-state index is 13.1. The number of halogens is 3. The number of alkyl halides is 3. The number of aliphatic hydroxyl groups is 1. The third-order valence-electron chi connectivity index (χ3n) is 4.03. The van der Waals surface area contributed by atoms with Crippen molar-refractivity contribution in [3.05, 3.63) is 53.5 Å². The molecule has 0 spiro atoms. The Kier molecular flexibility index (Phi) is 4.86. The molecule has 1 atom stereocenters. The molecule has 0 aliphatic heterocycles. The van der Waals surface area contributed by atoms with Crippen molar-refractivity contribution in [2.45, 2.75) is 32.7 Å². The van der Waals surface area contributed by atoms with Gasteiger partial charge in [0.25, 0.3) is 0 Å². The number of hydrogen-bond acceptors (Lipinski definition) is 4. The average molecular weight is 365 g/mol. The molecule has 2 heterocycles. The zero-order valence-corrected chi connectivity index (χ0v) is 14.3. The van der Waals surface area contributed by atoms with Gasteiger partial charge < -0.3 is 9.84 Å². The second-order valence-electron chi connectivity index (χ2n) is 6.11. The van der Waals surface area contributed by atoms with Crippen LogP contribution in [0.25, 0.3) is 10.9 Å². The molecule has 5 nitrogen and oxygen atoms in total. The molecule has 0 radical (unpaired) electrons. The minimum absolute atomic E-state index is 0.0561. The zero-order valence-electron chi connectivity index (χ0n) is 14.3. The van der Waals surface area contributed by atoms with E-state index in [-0.39, 0.29) is 24.1 Å². The summed E-state index contributed by atoms with van der Waals surface area (Å²) in [6.45, 7) is 3.59. The number of para-hydroxylation sites is 1. The largest absolute Gasteiger partial charge is 0.490 e. The first-order valence-corrected chi connectivity index (χ1v) is 8.02. The molecule has 1 aromatic carbocycles. The smallest absolute Gasteiger partial charge is 0.435 e. The fraction of sp³-hybridized carbons (Fsp3) is 0.333. The molecule has 3 rings (SSSR count). The van der Waals surface area contributed by atoms with Gasteiger partial charge in [-0.2, -0.15) is 18.3 Å². The Morgan fingerprint density at radius 1 is 1.19 bits per heavy atom. The molecule has 0 saturated heterocycles. The number of aliphatic hydroxyl groups excluding tert-OH is 1. The van der Waals surface area contributed by atoms with Gasteiger partial charge >= 0.3 is 6.18 Å². The van der Waals surface area contributed by atoms with E-state index in [2.05, 4.69) is 10.1 Å². The lowest BCUT2D eigenvalue weighted by molar-refractivity contribution is -0.140. The molecule has 0 fully saturated rings. The number of aromatic nitrogens is 3. The van der Waals surface area contributed by atoms with E-state index in [9.17, 15) is 18.3 Å². The van der Waals surface area contributed by atoms with Crippen LogP contribution in [0, 0.1) is 13.8 Å². The Bertz CT molecular complexity index is 901. The van der Waals surface area contributed by atoms with Crippen LogP contribution in [0.3, 0.4) is 0 Å². The van der Waals surface area contributed by atoms with Gasteiger partial charge in [0.1, 0.15) is 18.5 Å². The number of benzene rings is 1. The van der Waals surface area contributed by atoms with Crippen LogP contribution in [0.5, 0.6) is 5.75 Å². The van der Waals surface area contributed by atoms with Gasteiger partial charge in [0.2, 0.25) is 0 Å². The van der Waals surface area contributed by atoms with Gasteiger partial charge in [0.15, 0.2) is 5.69 Å². The molecule has 26 heavy (non-hydrogen) atoms. The van der Waals surface area contributed by atoms with Gasteiger partial charge in [0.05, 0.1) is 17.4 Å². The quantitative estimate of drug-likeness (QED) is 0.752. The van der Waals surface area contributed by atoms with Gasteiger partial charge in [-0.1, -0.05) is 18.2 Å².